The van der Waals surface area contributed by atoms with Crippen LogP contribution < -0.4 is 16.0 Å². The van der Waals surface area contributed by atoms with E-state index in [1.165, 1.54) is 26.0 Å². The third kappa shape index (κ3) is 6.46. The third-order valence-electron chi connectivity index (χ3n) is 5.20. The van der Waals surface area contributed by atoms with Gasteiger partial charge in [0.25, 0.3) is 0 Å². The predicted octanol–water partition coefficient (Wildman–Crippen LogP) is 5.60. The molecule has 3 amide bonds. The van der Waals surface area contributed by atoms with Gasteiger partial charge < -0.3 is 16.0 Å². The number of amides is 3. The standard InChI is InChI=1S/C25H29F2N5O2/c1-14(2)23(33)32-22-12-20-17(13-29-22)10-18(15(3)30-20)16-6-7-19(26)21(11-16)31-24(34)28-9-8-25(4,5)27/h6-7,10-14H,8-9H2,1-5H3,(H2,28,31,34)(H,29,32,33). The number of urea groups is 1. The van der Waals surface area contributed by atoms with Gasteiger partial charge in [0.15, 0.2) is 0 Å². The maximum absolute atomic E-state index is 14.4. The van der Waals surface area contributed by atoms with Gasteiger partial charge in [-0.15, -0.1) is 0 Å². The van der Waals surface area contributed by atoms with Crippen molar-refractivity contribution in [2.24, 2.45) is 5.92 Å². The molecule has 0 bridgehead atoms. The van der Waals surface area contributed by atoms with E-state index in [0.29, 0.717) is 22.6 Å². The summed E-state index contributed by atoms with van der Waals surface area (Å²) >= 11 is 0. The number of benzene rings is 1. The molecule has 0 aliphatic heterocycles. The van der Waals surface area contributed by atoms with E-state index in [9.17, 15) is 18.4 Å². The van der Waals surface area contributed by atoms with Gasteiger partial charge in [-0.25, -0.2) is 18.6 Å². The van der Waals surface area contributed by atoms with Crippen LogP contribution in [0.15, 0.2) is 36.5 Å². The molecule has 0 saturated heterocycles. The Hall–Kier alpha value is -3.62. The quantitative estimate of drug-likeness (QED) is 0.420. The number of hydrogen-bond donors (Lipinski definition) is 3. The van der Waals surface area contributed by atoms with Gasteiger partial charge in [0.2, 0.25) is 5.91 Å². The van der Waals surface area contributed by atoms with Gasteiger partial charge in [-0.3, -0.25) is 9.78 Å². The lowest BCUT2D eigenvalue weighted by molar-refractivity contribution is -0.118. The zero-order valence-corrected chi connectivity index (χ0v) is 19.9. The van der Waals surface area contributed by atoms with Crippen LogP contribution in [-0.2, 0) is 4.79 Å². The summed E-state index contributed by atoms with van der Waals surface area (Å²) in [6, 6.07) is 7.35. The van der Waals surface area contributed by atoms with E-state index < -0.39 is 17.5 Å². The van der Waals surface area contributed by atoms with Gasteiger partial charge in [-0.1, -0.05) is 19.9 Å². The number of carbonyl (C=O) groups is 2. The Morgan fingerprint density at radius 2 is 1.85 bits per heavy atom. The lowest BCUT2D eigenvalue weighted by Crippen LogP contribution is -2.32. The number of fused-ring (bicyclic) bond motifs is 1. The smallest absolute Gasteiger partial charge is 0.319 e. The molecule has 1 aromatic carbocycles. The van der Waals surface area contributed by atoms with Crippen LogP contribution in [0, 0.1) is 18.7 Å². The Bertz CT molecular complexity index is 1220. The number of aryl methyl sites for hydroxylation is 1. The maximum Gasteiger partial charge on any atom is 0.319 e. The summed E-state index contributed by atoms with van der Waals surface area (Å²) in [6.07, 6.45) is 1.76. The van der Waals surface area contributed by atoms with E-state index in [1.807, 2.05) is 13.0 Å². The molecule has 3 N–H and O–H groups in total. The molecule has 0 saturated carbocycles. The average Bonchev–Trinajstić information content (AvgIpc) is 2.74. The number of aromatic nitrogens is 2. The van der Waals surface area contributed by atoms with Crippen molar-refractivity contribution in [2.45, 2.75) is 46.7 Å². The van der Waals surface area contributed by atoms with Crippen molar-refractivity contribution in [1.29, 1.82) is 0 Å². The van der Waals surface area contributed by atoms with Gasteiger partial charge in [-0.2, -0.15) is 0 Å². The minimum Gasteiger partial charge on any atom is -0.338 e. The monoisotopic (exact) mass is 469 g/mol. The Labute approximate surface area is 197 Å². The number of nitrogens with one attached hydrogen (secondary N) is 3. The van der Waals surface area contributed by atoms with Crippen LogP contribution >= 0.6 is 0 Å². The van der Waals surface area contributed by atoms with Gasteiger partial charge in [-0.05, 0) is 51.0 Å². The molecule has 180 valence electrons. The molecule has 0 radical (unpaired) electrons. The SMILES string of the molecule is Cc1nc2cc(NC(=O)C(C)C)ncc2cc1-c1ccc(F)c(NC(=O)NCCC(C)(C)F)c1. The first-order chi connectivity index (χ1) is 15.9. The number of hydrogen-bond acceptors (Lipinski definition) is 4. The number of halogens is 2. The molecule has 34 heavy (non-hydrogen) atoms. The van der Waals surface area contributed by atoms with Gasteiger partial charge in [0.05, 0.1) is 11.2 Å². The second-order valence-electron chi connectivity index (χ2n) is 9.07. The summed E-state index contributed by atoms with van der Waals surface area (Å²) in [6.45, 7) is 8.39. The van der Waals surface area contributed by atoms with E-state index in [-0.39, 0.29) is 30.5 Å². The van der Waals surface area contributed by atoms with Gasteiger partial charge >= 0.3 is 6.03 Å². The lowest BCUT2D eigenvalue weighted by atomic mass is 10.0. The minimum absolute atomic E-state index is 0.00104. The normalized spacial score (nSPS) is 11.5. The van der Waals surface area contributed by atoms with Crippen molar-refractivity contribution in [3.8, 4) is 11.1 Å². The molecule has 0 aliphatic carbocycles. The molecule has 2 aromatic heterocycles. The fraction of sp³-hybridized carbons (Fsp3) is 0.360. The highest BCUT2D eigenvalue weighted by Crippen LogP contribution is 2.30. The molecular weight excluding hydrogens is 440 g/mol. The van der Waals surface area contributed by atoms with Crippen molar-refractivity contribution in [1.82, 2.24) is 15.3 Å². The number of anilines is 2. The number of rotatable bonds is 7. The van der Waals surface area contributed by atoms with E-state index >= 15 is 0 Å². The van der Waals surface area contributed by atoms with Crippen molar-refractivity contribution in [3.05, 3.63) is 48.0 Å². The van der Waals surface area contributed by atoms with Crippen LogP contribution in [0.5, 0.6) is 0 Å². The van der Waals surface area contributed by atoms with Crippen LogP contribution in [0.25, 0.3) is 22.0 Å². The maximum atomic E-state index is 14.4. The van der Waals surface area contributed by atoms with Crippen LogP contribution in [0.1, 0.15) is 39.8 Å². The Morgan fingerprint density at radius 1 is 1.12 bits per heavy atom. The molecule has 0 atom stereocenters. The number of nitrogens with zero attached hydrogens (tertiary/aromatic N) is 2. The van der Waals surface area contributed by atoms with Crippen LogP contribution in [0.3, 0.4) is 0 Å². The summed E-state index contributed by atoms with van der Waals surface area (Å²) in [4.78, 5) is 33.0. The molecular formula is C25H29F2N5O2. The predicted molar refractivity (Wildman–Crippen MR) is 130 cm³/mol. The highest BCUT2D eigenvalue weighted by molar-refractivity contribution is 5.94. The molecule has 0 spiro atoms. The van der Waals surface area contributed by atoms with Gasteiger partial charge in [0, 0.05) is 41.4 Å². The molecule has 0 aliphatic rings. The zero-order chi connectivity index (χ0) is 25.0. The van der Waals surface area contributed by atoms with Crippen molar-refractivity contribution < 1.29 is 18.4 Å². The van der Waals surface area contributed by atoms with Crippen molar-refractivity contribution in [2.75, 3.05) is 17.2 Å². The van der Waals surface area contributed by atoms with E-state index in [4.69, 9.17) is 0 Å². The topological polar surface area (TPSA) is 96.0 Å². The highest BCUT2D eigenvalue weighted by Gasteiger charge is 2.16. The second kappa shape index (κ2) is 10.1. The molecule has 7 nitrogen and oxygen atoms in total. The van der Waals surface area contributed by atoms with E-state index in [0.717, 1.165) is 10.9 Å². The summed E-state index contributed by atoms with van der Waals surface area (Å²) < 4.78 is 27.9. The first kappa shape index (κ1) is 25.0. The average molecular weight is 470 g/mol. The molecule has 0 unspecified atom stereocenters. The first-order valence-corrected chi connectivity index (χ1v) is 11.0. The Kier molecular flexibility index (Phi) is 7.44. The fourth-order valence-electron chi connectivity index (χ4n) is 3.22. The molecule has 3 aromatic rings. The Balaban J connectivity index is 1.83. The largest absolute Gasteiger partial charge is 0.338 e. The van der Waals surface area contributed by atoms with Crippen LogP contribution in [0.4, 0.5) is 25.1 Å². The summed E-state index contributed by atoms with van der Waals surface area (Å²) in [5, 5.41) is 8.50. The first-order valence-electron chi connectivity index (χ1n) is 11.0. The molecule has 0 fully saturated rings. The van der Waals surface area contributed by atoms with Crippen LogP contribution in [0.2, 0.25) is 0 Å². The second-order valence-corrected chi connectivity index (χ2v) is 9.07. The van der Waals surface area contributed by atoms with Crippen molar-refractivity contribution >= 4 is 34.3 Å². The third-order valence-corrected chi connectivity index (χ3v) is 5.20. The van der Waals surface area contributed by atoms with Crippen molar-refractivity contribution in [3.63, 3.8) is 0 Å². The molecule has 3 rings (SSSR count). The Morgan fingerprint density at radius 3 is 2.53 bits per heavy atom. The number of alkyl halides is 1. The van der Waals surface area contributed by atoms with E-state index in [2.05, 4.69) is 25.9 Å². The highest BCUT2D eigenvalue weighted by atomic mass is 19.1. The van der Waals surface area contributed by atoms with E-state index in [1.54, 1.807) is 32.2 Å². The molecule has 2 heterocycles. The summed E-state index contributed by atoms with van der Waals surface area (Å²) in [5.74, 6) is -0.484. The fourth-order valence-corrected chi connectivity index (χ4v) is 3.22. The minimum atomic E-state index is -1.41. The summed E-state index contributed by atoms with van der Waals surface area (Å²) in [5.41, 5.74) is 1.34. The summed E-state index contributed by atoms with van der Waals surface area (Å²) in [7, 11) is 0. The molecule has 9 heteroatoms. The zero-order valence-electron chi connectivity index (χ0n) is 19.9. The lowest BCUT2D eigenvalue weighted by Gasteiger charge is -2.15. The number of carbonyl (C=O) groups excluding carboxylic acids is 2. The number of pyridine rings is 2. The van der Waals surface area contributed by atoms with Crippen LogP contribution in [-0.4, -0.2) is 34.1 Å². The van der Waals surface area contributed by atoms with Gasteiger partial charge in [0.1, 0.15) is 17.3 Å².